The molecule has 5 N–H and O–H groups in total. The predicted octanol–water partition coefficient (Wildman–Crippen LogP) is 5.17. The highest BCUT2D eigenvalue weighted by Gasteiger charge is 2.31. The van der Waals surface area contributed by atoms with Gasteiger partial charge in [0.2, 0.25) is 11.8 Å². The van der Waals surface area contributed by atoms with E-state index < -0.39 is 17.9 Å². The van der Waals surface area contributed by atoms with Crippen molar-refractivity contribution in [3.8, 4) is 22.3 Å². The average Bonchev–Trinajstić information content (AvgIpc) is 3.10. The van der Waals surface area contributed by atoms with Gasteiger partial charge in [0, 0.05) is 18.5 Å². The molecule has 5 aromatic carbocycles. The monoisotopic (exact) mass is 609 g/mol. The van der Waals surface area contributed by atoms with E-state index in [0.717, 1.165) is 38.9 Å². The average molecular weight is 610 g/mol. The molecule has 0 spiro atoms. The second-order valence-corrected chi connectivity index (χ2v) is 10.9. The molecule has 8 heteroatoms. The fraction of sp³-hybridized carbons (Fsp3) is 0.105. The van der Waals surface area contributed by atoms with E-state index in [0.29, 0.717) is 5.56 Å². The van der Waals surface area contributed by atoms with E-state index in [1.807, 2.05) is 109 Å². The molecule has 46 heavy (non-hydrogen) atoms. The first-order chi connectivity index (χ1) is 22.4. The Morgan fingerprint density at radius 2 is 1.17 bits per heavy atom. The van der Waals surface area contributed by atoms with Crippen LogP contribution in [0.4, 0.5) is 0 Å². The lowest BCUT2D eigenvalue weighted by Crippen LogP contribution is -2.51. The van der Waals surface area contributed by atoms with E-state index in [4.69, 9.17) is 11.6 Å². The standard InChI is InChI=1S/C38H35N5O3/c39-36(44)25-41-37(45)35(23-27-11-17-32(18-12-27)30-7-3-1-4-8-30)43(38(46)34-21-13-28(14-22-34)24-42-40)26-29-15-19-33(20-16-29)31-9-5-2-6-10-31/h1-22,24,35H,23,25-26,40H2,(H2,39,44)(H,41,45). The number of carbonyl (C=O) groups is 3. The third-order valence-electron chi connectivity index (χ3n) is 7.66. The number of hydrogen-bond donors (Lipinski definition) is 3. The minimum Gasteiger partial charge on any atom is -0.368 e. The number of nitrogens with zero attached hydrogens (tertiary/aromatic N) is 2. The Morgan fingerprint density at radius 1 is 0.674 bits per heavy atom. The first-order valence-corrected chi connectivity index (χ1v) is 14.9. The van der Waals surface area contributed by atoms with Gasteiger partial charge in [0.15, 0.2) is 0 Å². The molecule has 1 atom stereocenters. The number of amides is 3. The lowest BCUT2D eigenvalue weighted by molar-refractivity contribution is -0.128. The smallest absolute Gasteiger partial charge is 0.254 e. The van der Waals surface area contributed by atoms with Gasteiger partial charge in [-0.3, -0.25) is 14.4 Å². The van der Waals surface area contributed by atoms with Gasteiger partial charge in [-0.25, -0.2) is 0 Å². The molecule has 0 radical (unpaired) electrons. The number of carbonyl (C=O) groups excluding carboxylic acids is 3. The van der Waals surface area contributed by atoms with Gasteiger partial charge in [0.05, 0.1) is 12.8 Å². The van der Waals surface area contributed by atoms with E-state index in [2.05, 4.69) is 10.4 Å². The van der Waals surface area contributed by atoms with Crippen LogP contribution in [0.5, 0.6) is 0 Å². The number of hydrazone groups is 1. The molecule has 3 amide bonds. The van der Waals surface area contributed by atoms with Crippen LogP contribution in [-0.4, -0.2) is 41.4 Å². The summed E-state index contributed by atoms with van der Waals surface area (Å²) in [7, 11) is 0. The number of benzene rings is 5. The molecule has 0 aromatic heterocycles. The summed E-state index contributed by atoms with van der Waals surface area (Å²) in [5, 5.41) is 6.18. The lowest BCUT2D eigenvalue weighted by Gasteiger charge is -2.31. The van der Waals surface area contributed by atoms with Crippen LogP contribution in [0, 0.1) is 0 Å². The van der Waals surface area contributed by atoms with E-state index >= 15 is 0 Å². The fourth-order valence-corrected chi connectivity index (χ4v) is 5.24. The summed E-state index contributed by atoms with van der Waals surface area (Å²) in [5.41, 5.74) is 12.4. The summed E-state index contributed by atoms with van der Waals surface area (Å²) in [5.74, 6) is 3.80. The highest BCUT2D eigenvalue weighted by molar-refractivity contribution is 5.98. The summed E-state index contributed by atoms with van der Waals surface area (Å²) in [6.45, 7) is -0.195. The molecule has 5 aromatic rings. The van der Waals surface area contributed by atoms with Gasteiger partial charge in [0.1, 0.15) is 6.04 Å². The third-order valence-corrected chi connectivity index (χ3v) is 7.66. The molecule has 0 fully saturated rings. The second kappa shape index (κ2) is 15.1. The zero-order chi connectivity index (χ0) is 32.3. The Morgan fingerprint density at radius 3 is 1.67 bits per heavy atom. The Kier molecular flexibility index (Phi) is 10.3. The van der Waals surface area contributed by atoms with Crippen molar-refractivity contribution in [2.45, 2.75) is 19.0 Å². The normalized spacial score (nSPS) is 11.6. The molecule has 0 aliphatic carbocycles. The van der Waals surface area contributed by atoms with Crippen molar-refractivity contribution in [1.29, 1.82) is 0 Å². The zero-order valence-electron chi connectivity index (χ0n) is 25.3. The molecule has 0 heterocycles. The van der Waals surface area contributed by atoms with Crippen LogP contribution in [0.15, 0.2) is 139 Å². The molecule has 0 saturated carbocycles. The molecule has 0 bridgehead atoms. The molecule has 5 rings (SSSR count). The lowest BCUT2D eigenvalue weighted by atomic mass is 9.98. The number of hydrogen-bond acceptors (Lipinski definition) is 5. The Balaban J connectivity index is 1.50. The van der Waals surface area contributed by atoms with Gasteiger partial charge < -0.3 is 21.8 Å². The van der Waals surface area contributed by atoms with Gasteiger partial charge in [-0.2, -0.15) is 5.10 Å². The van der Waals surface area contributed by atoms with Crippen molar-refractivity contribution in [2.75, 3.05) is 6.54 Å². The minimum atomic E-state index is -0.950. The maximum absolute atomic E-state index is 14.2. The number of rotatable bonds is 12. The van der Waals surface area contributed by atoms with Crippen LogP contribution in [0.25, 0.3) is 22.3 Å². The third kappa shape index (κ3) is 8.12. The van der Waals surface area contributed by atoms with Crippen molar-refractivity contribution in [3.63, 3.8) is 0 Å². The van der Waals surface area contributed by atoms with Crippen LogP contribution < -0.4 is 16.9 Å². The van der Waals surface area contributed by atoms with Crippen molar-refractivity contribution < 1.29 is 14.4 Å². The molecule has 0 saturated heterocycles. The molecule has 1 unspecified atom stereocenters. The molecule has 0 aliphatic heterocycles. The minimum absolute atomic E-state index is 0.149. The van der Waals surface area contributed by atoms with Crippen molar-refractivity contribution in [1.82, 2.24) is 10.2 Å². The van der Waals surface area contributed by atoms with Crippen LogP contribution in [0.3, 0.4) is 0 Å². The first-order valence-electron chi connectivity index (χ1n) is 14.9. The molecule has 230 valence electrons. The molecule has 8 nitrogen and oxygen atoms in total. The van der Waals surface area contributed by atoms with Crippen LogP contribution in [0.2, 0.25) is 0 Å². The Hall–Kier alpha value is -6.02. The number of nitrogens with one attached hydrogen (secondary N) is 1. The van der Waals surface area contributed by atoms with E-state index in [9.17, 15) is 14.4 Å². The Labute approximate surface area is 268 Å². The highest BCUT2D eigenvalue weighted by Crippen LogP contribution is 2.24. The van der Waals surface area contributed by atoms with Crippen molar-refractivity contribution in [2.24, 2.45) is 16.7 Å². The van der Waals surface area contributed by atoms with E-state index in [-0.39, 0.29) is 25.4 Å². The van der Waals surface area contributed by atoms with E-state index in [1.165, 1.54) is 6.21 Å². The van der Waals surface area contributed by atoms with Crippen LogP contribution in [-0.2, 0) is 22.6 Å². The predicted molar refractivity (Wildman–Crippen MR) is 182 cm³/mol. The summed E-state index contributed by atoms with van der Waals surface area (Å²) in [6.07, 6.45) is 1.70. The Bertz CT molecular complexity index is 1790. The second-order valence-electron chi connectivity index (χ2n) is 10.9. The molecular formula is C38H35N5O3. The van der Waals surface area contributed by atoms with Gasteiger partial charge in [-0.15, -0.1) is 0 Å². The molecule has 0 aliphatic rings. The van der Waals surface area contributed by atoms with Gasteiger partial charge >= 0.3 is 0 Å². The maximum atomic E-state index is 14.2. The summed E-state index contributed by atoms with van der Waals surface area (Å²) >= 11 is 0. The topological polar surface area (TPSA) is 131 Å². The van der Waals surface area contributed by atoms with Crippen molar-refractivity contribution >= 4 is 23.9 Å². The van der Waals surface area contributed by atoms with Gasteiger partial charge in [0.25, 0.3) is 5.91 Å². The quantitative estimate of drug-likeness (QED) is 0.102. The van der Waals surface area contributed by atoms with Crippen molar-refractivity contribution in [3.05, 3.63) is 156 Å². The van der Waals surface area contributed by atoms with Crippen LogP contribution in [0.1, 0.15) is 27.0 Å². The number of primary amides is 1. The van der Waals surface area contributed by atoms with Gasteiger partial charge in [-0.05, 0) is 51.1 Å². The SMILES string of the molecule is NN=Cc1ccc(C(=O)N(Cc2ccc(-c3ccccc3)cc2)C(Cc2ccc(-c3ccccc3)cc2)C(=O)NCC(N)=O)cc1. The molecular weight excluding hydrogens is 574 g/mol. The fourth-order valence-electron chi connectivity index (χ4n) is 5.24. The highest BCUT2D eigenvalue weighted by atomic mass is 16.2. The number of nitrogens with two attached hydrogens (primary N) is 2. The largest absolute Gasteiger partial charge is 0.368 e. The van der Waals surface area contributed by atoms with E-state index in [1.54, 1.807) is 29.2 Å². The zero-order valence-corrected chi connectivity index (χ0v) is 25.3. The summed E-state index contributed by atoms with van der Waals surface area (Å²) < 4.78 is 0. The first kappa shape index (κ1) is 31.4. The van der Waals surface area contributed by atoms with Gasteiger partial charge in [-0.1, -0.05) is 121 Å². The maximum Gasteiger partial charge on any atom is 0.254 e. The summed E-state index contributed by atoms with van der Waals surface area (Å²) in [6, 6.07) is 41.7. The van der Waals surface area contributed by atoms with Crippen LogP contribution >= 0.6 is 0 Å². The summed E-state index contributed by atoms with van der Waals surface area (Å²) in [4.78, 5) is 41.1.